The minimum absolute atomic E-state index is 0.0695. The lowest BCUT2D eigenvalue weighted by Crippen LogP contribution is -2.36. The van der Waals surface area contributed by atoms with Crippen LogP contribution in [0.1, 0.15) is 29.8 Å². The lowest BCUT2D eigenvalue weighted by molar-refractivity contribution is -0.126. The summed E-state index contributed by atoms with van der Waals surface area (Å²) in [6.45, 7) is 5.14. The SMILES string of the molecule is CCN(CC)C(=O)C(=O)c1cn(CC(=O)NCc2ccccc2)c2ccccc12. The number of Topliss-reactive ketones (excluding diaryl/α,β-unsaturated/α-hetero) is 1. The number of hydrogen-bond donors (Lipinski definition) is 1. The average molecular weight is 391 g/mol. The summed E-state index contributed by atoms with van der Waals surface area (Å²) >= 11 is 0. The number of likely N-dealkylation sites (N-methyl/N-ethyl adjacent to an activating group) is 1. The number of fused-ring (bicyclic) bond motifs is 1. The predicted octanol–water partition coefficient (Wildman–Crippen LogP) is 3.01. The van der Waals surface area contributed by atoms with Gasteiger partial charge in [-0.2, -0.15) is 0 Å². The largest absolute Gasteiger partial charge is 0.350 e. The highest BCUT2D eigenvalue weighted by atomic mass is 16.2. The van der Waals surface area contributed by atoms with Crippen LogP contribution in [0.4, 0.5) is 0 Å². The van der Waals surface area contributed by atoms with Gasteiger partial charge in [0.2, 0.25) is 5.91 Å². The van der Waals surface area contributed by atoms with Crippen molar-refractivity contribution >= 4 is 28.5 Å². The molecule has 0 saturated heterocycles. The number of rotatable bonds is 8. The first-order valence-corrected chi connectivity index (χ1v) is 9.77. The maximum absolute atomic E-state index is 12.8. The normalized spacial score (nSPS) is 10.7. The Morgan fingerprint density at radius 1 is 0.931 bits per heavy atom. The fourth-order valence-corrected chi connectivity index (χ4v) is 3.34. The second-order valence-corrected chi connectivity index (χ2v) is 6.76. The van der Waals surface area contributed by atoms with Gasteiger partial charge in [-0.15, -0.1) is 0 Å². The van der Waals surface area contributed by atoms with Crippen molar-refractivity contribution in [2.45, 2.75) is 26.9 Å². The van der Waals surface area contributed by atoms with Crippen LogP contribution >= 0.6 is 0 Å². The Morgan fingerprint density at radius 3 is 2.28 bits per heavy atom. The Kier molecular flexibility index (Phi) is 6.44. The number of aromatic nitrogens is 1. The van der Waals surface area contributed by atoms with Crippen molar-refractivity contribution in [1.82, 2.24) is 14.8 Å². The lowest BCUT2D eigenvalue weighted by Gasteiger charge is -2.17. The highest BCUT2D eigenvalue weighted by Crippen LogP contribution is 2.22. The summed E-state index contributed by atoms with van der Waals surface area (Å²) in [5, 5.41) is 3.56. The molecular weight excluding hydrogens is 366 g/mol. The standard InChI is InChI=1S/C23H25N3O3/c1-3-25(4-2)23(29)22(28)19-15-26(20-13-9-8-12-18(19)20)16-21(27)24-14-17-10-6-5-7-11-17/h5-13,15H,3-4,14,16H2,1-2H3,(H,24,27). The predicted molar refractivity (Wildman–Crippen MR) is 112 cm³/mol. The third-order valence-corrected chi connectivity index (χ3v) is 4.92. The molecule has 0 radical (unpaired) electrons. The molecule has 6 nitrogen and oxygen atoms in total. The van der Waals surface area contributed by atoms with Gasteiger partial charge in [-0.05, 0) is 25.5 Å². The number of nitrogens with one attached hydrogen (secondary N) is 1. The molecular formula is C23H25N3O3. The number of amides is 2. The molecule has 0 spiro atoms. The molecule has 150 valence electrons. The number of nitrogens with zero attached hydrogens (tertiary/aromatic N) is 2. The molecule has 29 heavy (non-hydrogen) atoms. The van der Waals surface area contributed by atoms with Gasteiger partial charge in [-0.1, -0.05) is 48.5 Å². The van der Waals surface area contributed by atoms with Crippen LogP contribution in [-0.4, -0.2) is 40.2 Å². The molecule has 0 unspecified atom stereocenters. The number of carbonyl (C=O) groups is 3. The Balaban J connectivity index is 1.81. The Morgan fingerprint density at radius 2 is 1.59 bits per heavy atom. The number of hydrogen-bond acceptors (Lipinski definition) is 3. The number of carbonyl (C=O) groups excluding carboxylic acids is 3. The van der Waals surface area contributed by atoms with Gasteiger partial charge in [0.25, 0.3) is 11.7 Å². The Bertz CT molecular complexity index is 1020. The van der Waals surface area contributed by atoms with Crippen molar-refractivity contribution < 1.29 is 14.4 Å². The quantitative estimate of drug-likeness (QED) is 0.474. The third-order valence-electron chi connectivity index (χ3n) is 4.92. The topological polar surface area (TPSA) is 71.4 Å². The van der Waals surface area contributed by atoms with Gasteiger partial charge in [-0.3, -0.25) is 14.4 Å². The highest BCUT2D eigenvalue weighted by Gasteiger charge is 2.25. The monoisotopic (exact) mass is 391 g/mol. The second kappa shape index (κ2) is 9.19. The first-order valence-electron chi connectivity index (χ1n) is 9.77. The van der Waals surface area contributed by atoms with Crippen LogP contribution in [0.15, 0.2) is 60.8 Å². The maximum atomic E-state index is 12.8. The van der Waals surface area contributed by atoms with E-state index in [2.05, 4.69) is 5.32 Å². The number of benzene rings is 2. The van der Waals surface area contributed by atoms with Crippen LogP contribution < -0.4 is 5.32 Å². The van der Waals surface area contributed by atoms with Gasteiger partial charge >= 0.3 is 0 Å². The average Bonchev–Trinajstić information content (AvgIpc) is 3.11. The van der Waals surface area contributed by atoms with Crippen molar-refractivity contribution in [3.63, 3.8) is 0 Å². The van der Waals surface area contributed by atoms with E-state index in [0.717, 1.165) is 11.1 Å². The summed E-state index contributed by atoms with van der Waals surface area (Å²) in [6, 6.07) is 17.0. The first-order chi connectivity index (χ1) is 14.0. The summed E-state index contributed by atoms with van der Waals surface area (Å²) in [5.41, 5.74) is 2.09. The van der Waals surface area contributed by atoms with E-state index in [1.165, 1.54) is 4.90 Å². The third kappa shape index (κ3) is 4.54. The summed E-state index contributed by atoms with van der Waals surface area (Å²) in [7, 11) is 0. The van der Waals surface area contributed by atoms with E-state index in [-0.39, 0.29) is 12.5 Å². The lowest BCUT2D eigenvalue weighted by atomic mass is 10.1. The molecule has 0 fully saturated rings. The molecule has 1 N–H and O–H groups in total. The zero-order valence-corrected chi connectivity index (χ0v) is 16.7. The van der Waals surface area contributed by atoms with Gasteiger partial charge < -0.3 is 14.8 Å². The smallest absolute Gasteiger partial charge is 0.295 e. The molecule has 1 aromatic heterocycles. The van der Waals surface area contributed by atoms with Gasteiger partial charge in [0.1, 0.15) is 6.54 Å². The number of para-hydroxylation sites is 1. The maximum Gasteiger partial charge on any atom is 0.295 e. The minimum atomic E-state index is -0.548. The zero-order valence-electron chi connectivity index (χ0n) is 16.7. The Labute approximate surface area is 170 Å². The molecule has 0 aliphatic heterocycles. The molecule has 0 aliphatic rings. The van der Waals surface area contributed by atoms with Crippen molar-refractivity contribution in [3.05, 3.63) is 71.9 Å². The van der Waals surface area contributed by atoms with E-state index in [9.17, 15) is 14.4 Å². The van der Waals surface area contributed by atoms with E-state index in [1.807, 2.05) is 62.4 Å². The molecule has 2 amide bonds. The van der Waals surface area contributed by atoms with E-state index >= 15 is 0 Å². The van der Waals surface area contributed by atoms with E-state index < -0.39 is 11.7 Å². The molecule has 0 bridgehead atoms. The van der Waals surface area contributed by atoms with Gasteiger partial charge in [0.05, 0.1) is 5.56 Å². The van der Waals surface area contributed by atoms with Gasteiger partial charge in [-0.25, -0.2) is 0 Å². The molecule has 6 heteroatoms. The summed E-state index contributed by atoms with van der Waals surface area (Å²) < 4.78 is 1.72. The molecule has 1 heterocycles. The van der Waals surface area contributed by atoms with Crippen LogP contribution in [0.25, 0.3) is 10.9 Å². The second-order valence-electron chi connectivity index (χ2n) is 6.76. The molecule has 0 saturated carbocycles. The van der Waals surface area contributed by atoms with Crippen molar-refractivity contribution in [1.29, 1.82) is 0 Å². The molecule has 0 aliphatic carbocycles. The van der Waals surface area contributed by atoms with Gasteiger partial charge in [0, 0.05) is 36.7 Å². The molecule has 2 aromatic carbocycles. The van der Waals surface area contributed by atoms with Crippen LogP contribution in [0.2, 0.25) is 0 Å². The highest BCUT2D eigenvalue weighted by molar-refractivity contribution is 6.44. The van der Waals surface area contributed by atoms with Crippen LogP contribution in [-0.2, 0) is 22.7 Å². The van der Waals surface area contributed by atoms with Crippen molar-refractivity contribution in [3.8, 4) is 0 Å². The first kappa shape index (κ1) is 20.3. The fraction of sp³-hybridized carbons (Fsp3) is 0.261. The molecule has 3 aromatic rings. The summed E-state index contributed by atoms with van der Waals surface area (Å²) in [6.07, 6.45) is 1.61. The van der Waals surface area contributed by atoms with Crippen molar-refractivity contribution in [2.75, 3.05) is 13.1 Å². The summed E-state index contributed by atoms with van der Waals surface area (Å²) in [5.74, 6) is -1.23. The minimum Gasteiger partial charge on any atom is -0.350 e. The Hall–Kier alpha value is -3.41. The number of ketones is 1. The molecule has 3 rings (SSSR count). The van der Waals surface area contributed by atoms with Crippen LogP contribution in [0.5, 0.6) is 0 Å². The van der Waals surface area contributed by atoms with E-state index in [4.69, 9.17) is 0 Å². The van der Waals surface area contributed by atoms with Crippen LogP contribution in [0, 0.1) is 0 Å². The summed E-state index contributed by atoms with van der Waals surface area (Å²) in [4.78, 5) is 39.3. The van der Waals surface area contributed by atoms with Crippen LogP contribution in [0.3, 0.4) is 0 Å². The van der Waals surface area contributed by atoms with Crippen molar-refractivity contribution in [2.24, 2.45) is 0 Å². The zero-order chi connectivity index (χ0) is 20.8. The fourth-order valence-electron chi connectivity index (χ4n) is 3.34. The van der Waals surface area contributed by atoms with Gasteiger partial charge in [0.15, 0.2) is 0 Å². The molecule has 0 atom stereocenters. The van der Waals surface area contributed by atoms with E-state index in [1.54, 1.807) is 16.8 Å². The van der Waals surface area contributed by atoms with E-state index in [0.29, 0.717) is 30.6 Å².